The molecule has 0 radical (unpaired) electrons. The molecule has 0 fully saturated rings. The summed E-state index contributed by atoms with van der Waals surface area (Å²) in [6.45, 7) is 6.00. The molecule has 0 unspecified atom stereocenters. The smallest absolute Gasteiger partial charge is 0.311 e. The lowest BCUT2D eigenvalue weighted by atomic mass is 10.0. The molecule has 2 aromatic carbocycles. The first-order valence-corrected chi connectivity index (χ1v) is 14.9. The van der Waals surface area contributed by atoms with Crippen LogP contribution in [0.15, 0.2) is 48.1 Å². The number of phenols is 4. The summed E-state index contributed by atoms with van der Waals surface area (Å²) in [6.07, 6.45) is 23.4. The lowest BCUT2D eigenvalue weighted by molar-refractivity contribution is -0.136. The number of benzene rings is 2. The normalized spacial score (nSPS) is 11.8. The predicted molar refractivity (Wildman–Crippen MR) is 164 cm³/mol. The topological polar surface area (TPSA) is 107 Å². The maximum Gasteiger partial charge on any atom is 0.311 e. The number of hydrogen-bond donors (Lipinski definition) is 4. The summed E-state index contributed by atoms with van der Waals surface area (Å²) in [5, 5.41) is 41.6. The van der Waals surface area contributed by atoms with Gasteiger partial charge in [0.25, 0.3) is 0 Å². The van der Waals surface area contributed by atoms with E-state index in [1.165, 1.54) is 63.1 Å². The molecular weight excluding hydrogens is 504 g/mol. The van der Waals surface area contributed by atoms with Gasteiger partial charge in [0, 0.05) is 6.42 Å². The molecule has 0 aliphatic carbocycles. The number of phenolic OH excluding ortho intramolecular Hbond substituents is 4. The molecule has 6 heteroatoms. The van der Waals surface area contributed by atoms with Gasteiger partial charge >= 0.3 is 5.97 Å². The third-order valence-corrected chi connectivity index (χ3v) is 6.89. The molecule has 0 amide bonds. The Morgan fingerprint density at radius 2 is 1.27 bits per heavy atom. The highest BCUT2D eigenvalue weighted by molar-refractivity contribution is 6.04. The van der Waals surface area contributed by atoms with Gasteiger partial charge in [-0.15, -0.1) is 0 Å². The molecule has 0 spiro atoms. The van der Waals surface area contributed by atoms with Gasteiger partial charge in [-0.05, 0) is 70.2 Å². The maximum atomic E-state index is 12.7. The van der Waals surface area contributed by atoms with Gasteiger partial charge in [-0.25, -0.2) is 0 Å². The molecule has 0 aliphatic rings. The molecule has 220 valence electrons. The SMILES string of the molecule is CCCCCCCC/C=C/CCCCCCCC(=O)O/C(=C\C=C(C)C)c1cc(O)c2c(O)ccc(O)c2c1O. The molecule has 2 aromatic rings. The summed E-state index contributed by atoms with van der Waals surface area (Å²) in [4.78, 5) is 12.7. The van der Waals surface area contributed by atoms with Crippen molar-refractivity contribution < 1.29 is 30.0 Å². The van der Waals surface area contributed by atoms with Crippen LogP contribution in [0, 0.1) is 0 Å². The number of carbonyl (C=O) groups excluding carboxylic acids is 1. The first-order chi connectivity index (χ1) is 19.3. The standard InChI is InChI=1S/C34H48O6/c1-4-5-6-7-8-9-10-11-12-13-14-15-16-17-18-19-31(38)40-30(23-20-25(2)3)26-24-29(37)32-27(35)21-22-28(36)33(32)34(26)39/h11-12,20-24,35-37,39H,4-10,13-19H2,1-3H3/b12-11+,30-23-. The monoisotopic (exact) mass is 552 g/mol. The summed E-state index contributed by atoms with van der Waals surface area (Å²) in [6, 6.07) is 3.67. The van der Waals surface area contributed by atoms with E-state index in [2.05, 4.69) is 19.1 Å². The van der Waals surface area contributed by atoms with Crippen LogP contribution in [-0.4, -0.2) is 26.4 Å². The fourth-order valence-corrected chi connectivity index (χ4v) is 4.61. The molecule has 6 nitrogen and oxygen atoms in total. The molecule has 0 aliphatic heterocycles. The van der Waals surface area contributed by atoms with Gasteiger partial charge in [-0.3, -0.25) is 4.79 Å². The number of fused-ring (bicyclic) bond motifs is 1. The van der Waals surface area contributed by atoms with Crippen LogP contribution in [0.2, 0.25) is 0 Å². The summed E-state index contributed by atoms with van der Waals surface area (Å²) in [7, 11) is 0. The quantitative estimate of drug-likeness (QED) is 0.0366. The van der Waals surface area contributed by atoms with E-state index in [0.29, 0.717) is 6.42 Å². The number of esters is 1. The van der Waals surface area contributed by atoms with Gasteiger partial charge in [-0.1, -0.05) is 82.1 Å². The van der Waals surface area contributed by atoms with Crippen molar-refractivity contribution in [3.05, 3.63) is 53.6 Å². The van der Waals surface area contributed by atoms with E-state index in [9.17, 15) is 25.2 Å². The Hall–Kier alpha value is -3.41. The van der Waals surface area contributed by atoms with Crippen molar-refractivity contribution in [3.8, 4) is 23.0 Å². The van der Waals surface area contributed by atoms with Gasteiger partial charge in [0.05, 0.1) is 16.3 Å². The van der Waals surface area contributed by atoms with E-state index >= 15 is 0 Å². The van der Waals surface area contributed by atoms with E-state index in [4.69, 9.17) is 4.74 Å². The fourth-order valence-electron chi connectivity index (χ4n) is 4.61. The van der Waals surface area contributed by atoms with Crippen molar-refractivity contribution in [1.29, 1.82) is 0 Å². The number of rotatable bonds is 18. The largest absolute Gasteiger partial charge is 0.507 e. The second kappa shape index (κ2) is 18.0. The van der Waals surface area contributed by atoms with Crippen LogP contribution >= 0.6 is 0 Å². The highest BCUT2D eigenvalue weighted by Crippen LogP contribution is 2.46. The van der Waals surface area contributed by atoms with Crippen molar-refractivity contribution >= 4 is 22.5 Å². The molecule has 2 rings (SSSR count). The summed E-state index contributed by atoms with van der Waals surface area (Å²) >= 11 is 0. The van der Waals surface area contributed by atoms with E-state index in [-0.39, 0.29) is 45.8 Å². The number of aromatic hydroxyl groups is 4. The van der Waals surface area contributed by atoms with E-state index in [0.717, 1.165) is 37.7 Å². The van der Waals surface area contributed by atoms with Crippen molar-refractivity contribution in [1.82, 2.24) is 0 Å². The minimum absolute atomic E-state index is 0.0429. The number of unbranched alkanes of at least 4 members (excludes halogenated alkanes) is 11. The summed E-state index contributed by atoms with van der Waals surface area (Å²) in [5.74, 6) is -1.75. The van der Waals surface area contributed by atoms with Crippen LogP contribution < -0.4 is 0 Å². The highest BCUT2D eigenvalue weighted by atomic mass is 16.5. The van der Waals surface area contributed by atoms with Crippen molar-refractivity contribution in [2.75, 3.05) is 0 Å². The molecule has 4 N–H and O–H groups in total. The first kappa shape index (κ1) is 32.8. The zero-order chi connectivity index (χ0) is 29.3. The highest BCUT2D eigenvalue weighted by Gasteiger charge is 2.21. The molecule has 0 atom stereocenters. The van der Waals surface area contributed by atoms with Crippen LogP contribution in [-0.2, 0) is 9.53 Å². The minimum Gasteiger partial charge on any atom is -0.507 e. The molecule has 40 heavy (non-hydrogen) atoms. The minimum atomic E-state index is -0.440. The van der Waals surface area contributed by atoms with Crippen LogP contribution in [0.3, 0.4) is 0 Å². The Labute approximate surface area is 239 Å². The van der Waals surface area contributed by atoms with Gasteiger partial charge in [-0.2, -0.15) is 0 Å². The number of carbonyl (C=O) groups is 1. The van der Waals surface area contributed by atoms with E-state index in [1.807, 2.05) is 13.8 Å². The van der Waals surface area contributed by atoms with Crippen LogP contribution in [0.25, 0.3) is 16.5 Å². The van der Waals surface area contributed by atoms with Crippen molar-refractivity contribution in [3.63, 3.8) is 0 Å². The Balaban J connectivity index is 1.83. The molecule has 0 saturated heterocycles. The molecular formula is C34H48O6. The second-order valence-electron chi connectivity index (χ2n) is 10.7. The van der Waals surface area contributed by atoms with Gasteiger partial charge < -0.3 is 25.2 Å². The fraction of sp³-hybridized carbons (Fsp3) is 0.500. The maximum absolute atomic E-state index is 12.7. The average molecular weight is 553 g/mol. The van der Waals surface area contributed by atoms with Gasteiger partial charge in [0.15, 0.2) is 0 Å². The number of allylic oxidation sites excluding steroid dienone is 5. The zero-order valence-corrected chi connectivity index (χ0v) is 24.5. The summed E-state index contributed by atoms with van der Waals surface area (Å²) in [5.41, 5.74) is 0.983. The third kappa shape index (κ3) is 11.0. The lowest BCUT2D eigenvalue weighted by Crippen LogP contribution is -2.04. The van der Waals surface area contributed by atoms with Crippen LogP contribution in [0.4, 0.5) is 0 Å². The van der Waals surface area contributed by atoms with Crippen molar-refractivity contribution in [2.45, 2.75) is 111 Å². The van der Waals surface area contributed by atoms with Gasteiger partial charge in [0.1, 0.15) is 28.8 Å². The third-order valence-electron chi connectivity index (χ3n) is 6.89. The van der Waals surface area contributed by atoms with E-state index < -0.39 is 11.7 Å². The Morgan fingerprint density at radius 3 is 1.88 bits per heavy atom. The van der Waals surface area contributed by atoms with Crippen molar-refractivity contribution in [2.24, 2.45) is 0 Å². The predicted octanol–water partition coefficient (Wildman–Crippen LogP) is 9.55. The molecule has 0 saturated carbocycles. The zero-order valence-electron chi connectivity index (χ0n) is 24.5. The Morgan fingerprint density at radius 1 is 0.725 bits per heavy atom. The number of hydrogen-bond acceptors (Lipinski definition) is 6. The van der Waals surface area contributed by atoms with E-state index in [1.54, 1.807) is 12.2 Å². The summed E-state index contributed by atoms with van der Waals surface area (Å²) < 4.78 is 5.61. The average Bonchev–Trinajstić information content (AvgIpc) is 2.92. The molecule has 0 heterocycles. The van der Waals surface area contributed by atoms with Crippen LogP contribution in [0.1, 0.15) is 116 Å². The number of ether oxygens (including phenoxy) is 1. The van der Waals surface area contributed by atoms with Gasteiger partial charge in [0.2, 0.25) is 0 Å². The first-order valence-electron chi connectivity index (χ1n) is 14.9. The lowest BCUT2D eigenvalue weighted by Gasteiger charge is -2.15. The second-order valence-corrected chi connectivity index (χ2v) is 10.7. The molecule has 0 bridgehead atoms. The molecule has 0 aromatic heterocycles. The Bertz CT molecular complexity index is 1170. The van der Waals surface area contributed by atoms with Crippen LogP contribution in [0.5, 0.6) is 23.0 Å². The Kier molecular flexibility index (Phi) is 14.8.